The zero-order valence-electron chi connectivity index (χ0n) is 29.6. The number of alkyl carbamates (subject to hydrolysis) is 2. The number of nitrogens with zero attached hydrogens (tertiary/aromatic N) is 4. The van der Waals surface area contributed by atoms with Gasteiger partial charge in [-0.2, -0.15) is 10.2 Å². The summed E-state index contributed by atoms with van der Waals surface area (Å²) in [6.45, 7) is 4.89. The van der Waals surface area contributed by atoms with Gasteiger partial charge in [-0.05, 0) is 63.5 Å². The van der Waals surface area contributed by atoms with Crippen molar-refractivity contribution in [3.8, 4) is 0 Å². The molecule has 4 aromatic rings. The lowest BCUT2D eigenvalue weighted by atomic mass is 9.93. The molecule has 2 N–H and O–H groups in total. The zero-order chi connectivity index (χ0) is 36.7. The maximum absolute atomic E-state index is 12.1. The van der Waals surface area contributed by atoms with Crippen molar-refractivity contribution >= 4 is 24.1 Å². The van der Waals surface area contributed by atoms with Gasteiger partial charge < -0.3 is 29.6 Å². The first-order chi connectivity index (χ1) is 25.3. The fraction of sp³-hybridized carbons (Fsp3) is 0.421. The molecule has 0 unspecified atom stereocenters. The number of hydrogen-bond donors (Lipinski definition) is 2. The smallest absolute Gasteiger partial charge is 0.407 e. The quantitative estimate of drug-likeness (QED) is 0.141. The summed E-state index contributed by atoms with van der Waals surface area (Å²) in [5.74, 6) is -0.619. The second kappa shape index (κ2) is 19.1. The van der Waals surface area contributed by atoms with Gasteiger partial charge in [0.1, 0.15) is 26.3 Å². The number of carbonyl (C=O) groups is 4. The Labute approximate surface area is 302 Å². The first-order valence-electron chi connectivity index (χ1n) is 17.7. The number of nitrogens with one attached hydrogen (secondary N) is 2. The van der Waals surface area contributed by atoms with Gasteiger partial charge >= 0.3 is 24.1 Å². The summed E-state index contributed by atoms with van der Waals surface area (Å²) in [6, 6.07) is 18.8. The molecular weight excluding hydrogens is 668 g/mol. The molecule has 276 valence electrons. The van der Waals surface area contributed by atoms with Gasteiger partial charge in [0.25, 0.3) is 0 Å². The molecule has 6 rings (SSSR count). The number of ether oxygens (including phenoxy) is 4. The molecule has 0 saturated carbocycles. The molecule has 0 saturated heterocycles. The average Bonchev–Trinajstić information content (AvgIpc) is 3.76. The Morgan fingerprint density at radius 1 is 0.635 bits per heavy atom. The molecule has 2 aliphatic carbocycles. The lowest BCUT2D eigenvalue weighted by Gasteiger charge is -2.23. The Bertz CT molecular complexity index is 1640. The molecule has 2 aliphatic rings. The van der Waals surface area contributed by atoms with Gasteiger partial charge in [0.2, 0.25) is 0 Å². The summed E-state index contributed by atoms with van der Waals surface area (Å²) < 4.78 is 23.9. The second-order valence-corrected chi connectivity index (χ2v) is 12.3. The van der Waals surface area contributed by atoms with Crippen LogP contribution in [0.4, 0.5) is 9.59 Å². The Balaban J connectivity index is 0.000000201. The van der Waals surface area contributed by atoms with Gasteiger partial charge in [-0.1, -0.05) is 60.7 Å². The molecule has 2 atom stereocenters. The van der Waals surface area contributed by atoms with E-state index in [-0.39, 0.29) is 50.3 Å². The number of esters is 2. The number of rotatable bonds is 12. The van der Waals surface area contributed by atoms with Crippen molar-refractivity contribution in [2.75, 3.05) is 13.2 Å². The van der Waals surface area contributed by atoms with E-state index in [0.29, 0.717) is 13.2 Å². The molecule has 0 aliphatic heterocycles. The average molecular weight is 715 g/mol. The van der Waals surface area contributed by atoms with Crippen LogP contribution in [0.15, 0.2) is 73.1 Å². The second-order valence-electron chi connectivity index (χ2n) is 12.3. The van der Waals surface area contributed by atoms with Crippen molar-refractivity contribution in [2.45, 2.75) is 90.8 Å². The zero-order valence-corrected chi connectivity index (χ0v) is 29.6. The number of fused-ring (bicyclic) bond motifs is 2. The van der Waals surface area contributed by atoms with Crippen LogP contribution in [0.25, 0.3) is 0 Å². The van der Waals surface area contributed by atoms with Gasteiger partial charge in [-0.3, -0.25) is 19.0 Å². The molecule has 14 nitrogen and oxygen atoms in total. The largest absolute Gasteiger partial charge is 0.465 e. The summed E-state index contributed by atoms with van der Waals surface area (Å²) in [7, 11) is 0. The summed E-state index contributed by atoms with van der Waals surface area (Å²) in [5.41, 5.74) is 5.70. The number of hydrogen-bond acceptors (Lipinski definition) is 10. The van der Waals surface area contributed by atoms with Gasteiger partial charge in [0, 0.05) is 22.5 Å². The minimum absolute atomic E-state index is 0.0916. The number of carbonyl (C=O) groups excluding carboxylic acids is 4. The number of aromatic nitrogens is 4. The molecule has 2 aromatic carbocycles. The first-order valence-corrected chi connectivity index (χ1v) is 17.7. The standard InChI is InChI=1S/2C19H23N3O4/c2*1-2-25-18(23)12-22-17-10-6-9-16(15(17)11-20-22)21-19(24)26-13-14-7-4-3-5-8-14/h2*3-5,7-8,11,16H,2,6,9-10,12-13H2,1H3,(H,21,24)/t2*16-/m10/s1. The number of amides is 2. The molecule has 2 heterocycles. The Kier molecular flexibility index (Phi) is 13.8. The predicted octanol–water partition coefficient (Wildman–Crippen LogP) is 5.50. The summed E-state index contributed by atoms with van der Waals surface area (Å²) in [4.78, 5) is 47.7. The van der Waals surface area contributed by atoms with Crippen LogP contribution in [0.5, 0.6) is 0 Å². The van der Waals surface area contributed by atoms with E-state index in [1.54, 1.807) is 35.6 Å². The number of benzene rings is 2. The van der Waals surface area contributed by atoms with Crippen molar-refractivity contribution < 1.29 is 38.1 Å². The van der Waals surface area contributed by atoms with Crippen LogP contribution in [0.3, 0.4) is 0 Å². The Morgan fingerprint density at radius 2 is 1.04 bits per heavy atom. The molecule has 2 aromatic heterocycles. The molecular formula is C38H46N6O8. The molecule has 52 heavy (non-hydrogen) atoms. The van der Waals surface area contributed by atoms with Crippen molar-refractivity contribution in [3.63, 3.8) is 0 Å². The van der Waals surface area contributed by atoms with Crippen LogP contribution in [0.2, 0.25) is 0 Å². The van der Waals surface area contributed by atoms with E-state index in [1.807, 2.05) is 60.7 Å². The summed E-state index contributed by atoms with van der Waals surface area (Å²) >= 11 is 0. The minimum Gasteiger partial charge on any atom is -0.465 e. The van der Waals surface area contributed by atoms with Crippen molar-refractivity contribution in [1.82, 2.24) is 30.2 Å². The maximum Gasteiger partial charge on any atom is 0.407 e. The highest BCUT2D eigenvalue weighted by Crippen LogP contribution is 2.31. The van der Waals surface area contributed by atoms with Gasteiger partial charge in [0.05, 0.1) is 37.7 Å². The molecule has 0 bridgehead atoms. The van der Waals surface area contributed by atoms with Crippen LogP contribution >= 0.6 is 0 Å². The normalized spacial score (nSPS) is 15.8. The van der Waals surface area contributed by atoms with E-state index in [2.05, 4.69) is 20.8 Å². The fourth-order valence-electron chi connectivity index (χ4n) is 6.28. The highest BCUT2D eigenvalue weighted by atomic mass is 16.6. The highest BCUT2D eigenvalue weighted by Gasteiger charge is 2.28. The molecule has 14 heteroatoms. The molecule has 0 fully saturated rings. The van der Waals surface area contributed by atoms with Crippen LogP contribution in [-0.2, 0) is 67.7 Å². The topological polar surface area (TPSA) is 165 Å². The summed E-state index contributed by atoms with van der Waals surface area (Å²) in [6.07, 6.45) is 7.63. The van der Waals surface area contributed by atoms with Crippen LogP contribution in [0.1, 0.15) is 85.3 Å². The Hall–Kier alpha value is -5.66. The lowest BCUT2D eigenvalue weighted by Crippen LogP contribution is -2.31. The van der Waals surface area contributed by atoms with Crippen LogP contribution in [0, 0.1) is 0 Å². The lowest BCUT2D eigenvalue weighted by molar-refractivity contribution is -0.145. The van der Waals surface area contributed by atoms with Crippen LogP contribution in [-0.4, -0.2) is 56.9 Å². The molecule has 2 amide bonds. The molecule has 0 radical (unpaired) electrons. The highest BCUT2D eigenvalue weighted by molar-refractivity contribution is 5.70. The van der Waals surface area contributed by atoms with Crippen LogP contribution < -0.4 is 10.6 Å². The maximum atomic E-state index is 12.1. The van der Waals surface area contributed by atoms with Crippen molar-refractivity contribution in [1.29, 1.82) is 0 Å². The van der Waals surface area contributed by atoms with Gasteiger partial charge in [-0.15, -0.1) is 0 Å². The SMILES string of the molecule is CCOC(=O)Cn1ncc2c1CCC[C@@H]2NC(=O)OCc1ccccc1.CCOC(=O)Cn1ncc2c1CCC[C@H]2NC(=O)OCc1ccccc1. The third kappa shape index (κ3) is 10.7. The third-order valence-corrected chi connectivity index (χ3v) is 8.70. The molecule has 0 spiro atoms. The predicted molar refractivity (Wildman–Crippen MR) is 189 cm³/mol. The van der Waals surface area contributed by atoms with E-state index in [0.717, 1.165) is 72.2 Å². The van der Waals surface area contributed by atoms with Gasteiger partial charge in [-0.25, -0.2) is 9.59 Å². The monoisotopic (exact) mass is 714 g/mol. The first kappa shape index (κ1) is 37.6. The van der Waals surface area contributed by atoms with Gasteiger partial charge in [0.15, 0.2) is 0 Å². The van der Waals surface area contributed by atoms with E-state index >= 15 is 0 Å². The Morgan fingerprint density at radius 3 is 1.42 bits per heavy atom. The van der Waals surface area contributed by atoms with E-state index in [4.69, 9.17) is 18.9 Å². The van der Waals surface area contributed by atoms with Crippen molar-refractivity contribution in [2.24, 2.45) is 0 Å². The van der Waals surface area contributed by atoms with Crippen molar-refractivity contribution in [3.05, 3.63) is 107 Å². The van der Waals surface area contributed by atoms with E-state index in [9.17, 15) is 19.2 Å². The fourth-order valence-corrected chi connectivity index (χ4v) is 6.28. The van der Waals surface area contributed by atoms with E-state index in [1.165, 1.54) is 0 Å². The third-order valence-electron chi connectivity index (χ3n) is 8.70. The summed E-state index contributed by atoms with van der Waals surface area (Å²) in [5, 5.41) is 14.4. The van der Waals surface area contributed by atoms with E-state index < -0.39 is 12.2 Å². The minimum atomic E-state index is -0.454.